The van der Waals surface area contributed by atoms with Crippen molar-refractivity contribution >= 4 is 16.8 Å². The maximum Gasteiger partial charge on any atom is 0.196 e. The van der Waals surface area contributed by atoms with Crippen molar-refractivity contribution in [1.29, 1.82) is 0 Å². The Morgan fingerprint density at radius 2 is 1.39 bits per heavy atom. The van der Waals surface area contributed by atoms with Crippen molar-refractivity contribution in [2.75, 3.05) is 6.61 Å². The van der Waals surface area contributed by atoms with E-state index in [-0.39, 0.29) is 34.7 Å². The number of ether oxygens (including phenoxy) is 1. The molecule has 5 rings (SSSR count). The highest BCUT2D eigenvalue weighted by Gasteiger charge is 2.27. The fourth-order valence-electron chi connectivity index (χ4n) is 6.39. The minimum Gasteiger partial charge on any atom is -0.507 e. The van der Waals surface area contributed by atoms with Crippen molar-refractivity contribution in [1.82, 2.24) is 15.0 Å². The molecule has 0 spiro atoms. The molecule has 2 N–H and O–H groups in total. The second-order valence-corrected chi connectivity index (χ2v) is 13.7. The molecule has 0 saturated heterocycles. The monoisotopic (exact) mass is 661 g/mol. The number of carbonyl (C=O) groups excluding carboxylic acids is 1. The van der Waals surface area contributed by atoms with Gasteiger partial charge < -0.3 is 14.9 Å². The van der Waals surface area contributed by atoms with E-state index in [1.165, 1.54) is 24.1 Å². The van der Waals surface area contributed by atoms with Crippen LogP contribution in [0.3, 0.4) is 0 Å². The van der Waals surface area contributed by atoms with Gasteiger partial charge in [0, 0.05) is 23.1 Å². The lowest BCUT2D eigenvalue weighted by atomic mass is 9.78. The first-order valence-electron chi connectivity index (χ1n) is 18.0. The number of carbonyl (C=O) groups is 1. The Bertz CT molecular complexity index is 1810. The first kappa shape index (κ1) is 35.7. The molecule has 0 aliphatic carbocycles. The van der Waals surface area contributed by atoms with Crippen molar-refractivity contribution in [2.45, 2.75) is 104 Å². The molecule has 0 unspecified atom stereocenters. The second-order valence-electron chi connectivity index (χ2n) is 13.7. The number of unbranched alkanes of at least 4 members (excludes halogenated alkanes) is 7. The first-order chi connectivity index (χ1) is 23.7. The van der Waals surface area contributed by atoms with E-state index >= 15 is 0 Å². The largest absolute Gasteiger partial charge is 0.507 e. The summed E-state index contributed by atoms with van der Waals surface area (Å²) >= 11 is 0. The van der Waals surface area contributed by atoms with Crippen LogP contribution < -0.4 is 4.74 Å². The minimum atomic E-state index is -0.273. The third kappa shape index (κ3) is 8.69. The van der Waals surface area contributed by atoms with Gasteiger partial charge >= 0.3 is 0 Å². The van der Waals surface area contributed by atoms with Crippen LogP contribution in [-0.4, -0.2) is 37.6 Å². The van der Waals surface area contributed by atoms with Gasteiger partial charge in [-0.2, -0.15) is 0 Å². The number of benzene rings is 4. The van der Waals surface area contributed by atoms with Gasteiger partial charge in [-0.05, 0) is 54.2 Å². The number of rotatable bonds is 18. The Labute approximate surface area is 291 Å². The van der Waals surface area contributed by atoms with Crippen molar-refractivity contribution in [3.05, 3.63) is 107 Å². The zero-order valence-corrected chi connectivity index (χ0v) is 29.5. The molecule has 0 fully saturated rings. The van der Waals surface area contributed by atoms with Crippen LogP contribution in [0.4, 0.5) is 0 Å². The fraction of sp³-hybridized carbons (Fsp3) is 0.405. The maximum atomic E-state index is 13.6. The van der Waals surface area contributed by atoms with E-state index in [2.05, 4.69) is 27.7 Å². The fourth-order valence-corrected chi connectivity index (χ4v) is 6.39. The number of ketones is 1. The van der Waals surface area contributed by atoms with Crippen LogP contribution in [0, 0.1) is 0 Å². The molecule has 0 saturated carbocycles. The highest BCUT2D eigenvalue weighted by molar-refractivity contribution is 6.11. The van der Waals surface area contributed by atoms with Gasteiger partial charge in [0.15, 0.2) is 5.78 Å². The quantitative estimate of drug-likeness (QED) is 0.0716. The number of phenolic OH excluding ortho intramolecular Hbond substituents is 2. The van der Waals surface area contributed by atoms with E-state index in [1.54, 1.807) is 24.3 Å². The number of fused-ring (bicyclic) bond motifs is 1. The lowest BCUT2D eigenvalue weighted by molar-refractivity contribution is 0.103. The Morgan fingerprint density at radius 3 is 2.08 bits per heavy atom. The Hall–Kier alpha value is -4.65. The molecule has 7 nitrogen and oxygen atoms in total. The average Bonchev–Trinajstić information content (AvgIpc) is 3.54. The zero-order chi connectivity index (χ0) is 34.8. The molecule has 0 radical (unpaired) electrons. The summed E-state index contributed by atoms with van der Waals surface area (Å²) in [4.78, 5) is 15.1. The summed E-state index contributed by atoms with van der Waals surface area (Å²) in [5, 5.41) is 33.1. The highest BCUT2D eigenvalue weighted by atomic mass is 16.5. The predicted molar refractivity (Wildman–Crippen MR) is 197 cm³/mol. The number of phenols is 2. The molecule has 0 bridgehead atoms. The van der Waals surface area contributed by atoms with Crippen molar-refractivity contribution in [3.8, 4) is 22.9 Å². The zero-order valence-electron chi connectivity index (χ0n) is 29.5. The maximum absolute atomic E-state index is 13.6. The molecule has 0 atom stereocenters. The highest BCUT2D eigenvalue weighted by Crippen LogP contribution is 2.41. The topological polar surface area (TPSA) is 97.5 Å². The van der Waals surface area contributed by atoms with E-state index in [0.717, 1.165) is 61.5 Å². The number of hydrogen-bond donors (Lipinski definition) is 2. The van der Waals surface area contributed by atoms with Crippen LogP contribution in [0.5, 0.6) is 17.2 Å². The minimum absolute atomic E-state index is 0.0227. The number of aromatic nitrogens is 3. The van der Waals surface area contributed by atoms with Gasteiger partial charge in [-0.3, -0.25) is 4.79 Å². The Kier molecular flexibility index (Phi) is 12.1. The van der Waals surface area contributed by atoms with E-state index in [1.807, 2.05) is 54.6 Å². The summed E-state index contributed by atoms with van der Waals surface area (Å²) in [6.07, 6.45) is 11.2. The molecule has 0 amide bonds. The van der Waals surface area contributed by atoms with E-state index in [9.17, 15) is 15.0 Å². The molecular formula is C42H51N3O4. The van der Waals surface area contributed by atoms with Crippen LogP contribution in [0.15, 0.2) is 78.9 Å². The molecule has 258 valence electrons. The van der Waals surface area contributed by atoms with Crippen LogP contribution >= 0.6 is 0 Å². The summed E-state index contributed by atoms with van der Waals surface area (Å²) in [6.45, 7) is 9.35. The average molecular weight is 662 g/mol. The lowest BCUT2D eigenvalue weighted by Crippen LogP contribution is -2.18. The molecule has 1 heterocycles. The van der Waals surface area contributed by atoms with Crippen molar-refractivity contribution in [2.24, 2.45) is 0 Å². The van der Waals surface area contributed by atoms with Gasteiger partial charge in [0.1, 0.15) is 34.0 Å². The van der Waals surface area contributed by atoms with E-state index in [4.69, 9.17) is 14.9 Å². The SMILES string of the molecule is CCCCCCCCOc1ccc(C(=O)c2ccccc2)c(O)c1Cc1cc(C(C)(C)CCCCC)cc(-n2nc3ccccc3n2)c1O. The first-order valence-corrected chi connectivity index (χ1v) is 18.0. The summed E-state index contributed by atoms with van der Waals surface area (Å²) in [5.41, 5.74) is 4.51. The Balaban J connectivity index is 1.57. The van der Waals surface area contributed by atoms with Crippen LogP contribution in [0.1, 0.15) is 125 Å². The molecular weight excluding hydrogens is 610 g/mol. The van der Waals surface area contributed by atoms with Crippen LogP contribution in [0.25, 0.3) is 16.7 Å². The number of hydrogen-bond acceptors (Lipinski definition) is 6. The molecule has 4 aromatic carbocycles. The predicted octanol–water partition coefficient (Wildman–Crippen LogP) is 10.3. The summed E-state index contributed by atoms with van der Waals surface area (Å²) in [5.74, 6) is 0.123. The summed E-state index contributed by atoms with van der Waals surface area (Å²) < 4.78 is 6.31. The molecule has 1 aromatic heterocycles. The third-order valence-corrected chi connectivity index (χ3v) is 9.50. The molecule has 7 heteroatoms. The van der Waals surface area contributed by atoms with Gasteiger partial charge in [-0.1, -0.05) is 128 Å². The number of nitrogens with zero attached hydrogens (tertiary/aromatic N) is 3. The Morgan fingerprint density at radius 1 is 0.755 bits per heavy atom. The molecule has 5 aromatic rings. The smallest absolute Gasteiger partial charge is 0.196 e. The van der Waals surface area contributed by atoms with Gasteiger partial charge in [-0.25, -0.2) is 0 Å². The van der Waals surface area contributed by atoms with Crippen LogP contribution in [0.2, 0.25) is 0 Å². The normalized spacial score (nSPS) is 11.7. The van der Waals surface area contributed by atoms with Gasteiger partial charge in [0.2, 0.25) is 0 Å². The van der Waals surface area contributed by atoms with E-state index < -0.39 is 0 Å². The van der Waals surface area contributed by atoms with Gasteiger partial charge in [0.05, 0.1) is 12.2 Å². The molecule has 49 heavy (non-hydrogen) atoms. The van der Waals surface area contributed by atoms with Crippen molar-refractivity contribution in [3.63, 3.8) is 0 Å². The summed E-state index contributed by atoms with van der Waals surface area (Å²) in [6, 6.07) is 24.0. The summed E-state index contributed by atoms with van der Waals surface area (Å²) in [7, 11) is 0. The molecule has 0 aliphatic heterocycles. The third-order valence-electron chi connectivity index (χ3n) is 9.50. The van der Waals surface area contributed by atoms with Crippen molar-refractivity contribution < 1.29 is 19.7 Å². The van der Waals surface area contributed by atoms with Gasteiger partial charge in [0.25, 0.3) is 0 Å². The molecule has 0 aliphatic rings. The standard InChI is InChI=1S/C42H51N3O4/c1-5-7-9-10-11-18-26-49-38-24-23-33(39(46)30-19-13-12-14-20-30)41(48)34(38)28-31-27-32(42(3,4)25-17-8-6-2)29-37(40(31)47)45-43-35-21-15-16-22-36(35)44-45/h12-16,19-24,27,29,47-48H,5-11,17-18,25-26,28H2,1-4H3. The number of aromatic hydroxyl groups is 2. The second kappa shape index (κ2) is 16.6. The lowest BCUT2D eigenvalue weighted by Gasteiger charge is -2.27. The van der Waals surface area contributed by atoms with E-state index in [0.29, 0.717) is 34.7 Å². The van der Waals surface area contributed by atoms with Gasteiger partial charge in [-0.15, -0.1) is 15.0 Å². The van der Waals surface area contributed by atoms with Crippen LogP contribution in [-0.2, 0) is 11.8 Å².